The van der Waals surface area contributed by atoms with Gasteiger partial charge in [0.2, 0.25) is 5.91 Å². The number of nitrogens with one attached hydrogen (secondary N) is 1. The molecule has 10 nitrogen and oxygen atoms in total. The van der Waals surface area contributed by atoms with Crippen LogP contribution in [-0.2, 0) is 20.6 Å². The molecule has 4 unspecified atom stereocenters. The molecule has 2 heterocycles. The molecule has 3 N–H and O–H groups in total. The lowest BCUT2D eigenvalue weighted by molar-refractivity contribution is -0.128. The number of nitrogens with zero attached hydrogens (tertiary/aromatic N) is 2. The molecule has 1 aliphatic carbocycles. The second kappa shape index (κ2) is 12.6. The Morgan fingerprint density at radius 1 is 1.17 bits per heavy atom. The van der Waals surface area contributed by atoms with Crippen LogP contribution in [0.3, 0.4) is 0 Å². The minimum atomic E-state index is -2.17. The fourth-order valence-electron chi connectivity index (χ4n) is 5.53. The number of ether oxygens (including phenoxy) is 1. The van der Waals surface area contributed by atoms with Crippen molar-refractivity contribution >= 4 is 32.6 Å². The number of fused-ring (bicyclic) bond motifs is 2. The van der Waals surface area contributed by atoms with Crippen molar-refractivity contribution in [2.24, 2.45) is 11.7 Å². The molecule has 1 saturated carbocycles. The number of amides is 4. The maximum Gasteiger partial charge on any atom is 0.409 e. The summed E-state index contributed by atoms with van der Waals surface area (Å²) in [5.41, 5.74) is 5.07. The van der Waals surface area contributed by atoms with E-state index in [-0.39, 0.29) is 29.0 Å². The molecule has 4 amide bonds. The lowest BCUT2D eigenvalue weighted by Gasteiger charge is -2.38. The summed E-state index contributed by atoms with van der Waals surface area (Å²) in [7, 11) is -2.17. The summed E-state index contributed by atoms with van der Waals surface area (Å²) in [5.74, 6) is -0.00512. The molecule has 1 saturated heterocycles. The zero-order valence-corrected chi connectivity index (χ0v) is 26.6. The number of carbonyl (C=O) groups excluding carboxylic acids is 4. The standard InChI is InChI=1S/C31H46N4O6Si/c1-30(2,3)42(4,5)41-25-17-26-27(37)33-31(21-36)18-23(31)11-9-7-6-8-10-16-34(29(39)35(26)20-25)19-22-12-14-24(15-13-22)40-28(32)38/h9,11-15,21,23,25-26H,6-8,10,16-20H2,1-5H3,(H2,32,38)(H,33,37)/b11-9+. The molecule has 4 atom stereocenters. The number of benzene rings is 1. The highest BCUT2D eigenvalue weighted by atomic mass is 28.4. The number of aldehydes is 1. The summed E-state index contributed by atoms with van der Waals surface area (Å²) in [5, 5.41) is 2.99. The van der Waals surface area contributed by atoms with Crippen molar-refractivity contribution in [3.8, 4) is 5.75 Å². The Hall–Kier alpha value is -3.18. The van der Waals surface area contributed by atoms with E-state index in [1.165, 1.54) is 0 Å². The van der Waals surface area contributed by atoms with Gasteiger partial charge in [0.05, 0.1) is 6.10 Å². The van der Waals surface area contributed by atoms with Crippen LogP contribution in [0.4, 0.5) is 9.59 Å². The van der Waals surface area contributed by atoms with Gasteiger partial charge in [0.25, 0.3) is 0 Å². The molecule has 0 bridgehead atoms. The van der Waals surface area contributed by atoms with Crippen LogP contribution < -0.4 is 15.8 Å². The van der Waals surface area contributed by atoms with Crippen LogP contribution in [0.1, 0.15) is 64.9 Å². The van der Waals surface area contributed by atoms with Gasteiger partial charge in [0, 0.05) is 32.0 Å². The first kappa shape index (κ1) is 31.7. The molecule has 4 rings (SSSR count). The average molecular weight is 599 g/mol. The number of nitrogens with two attached hydrogens (primary N) is 1. The average Bonchev–Trinajstić information content (AvgIpc) is 3.42. The number of hydrogen-bond acceptors (Lipinski definition) is 6. The van der Waals surface area contributed by atoms with Crippen LogP contribution in [-0.4, -0.2) is 73.2 Å². The fraction of sp³-hybridized carbons (Fsp3) is 0.613. The molecule has 0 spiro atoms. The second-order valence-corrected chi connectivity index (χ2v) is 18.2. The Labute approximate surface area is 250 Å². The van der Waals surface area contributed by atoms with Gasteiger partial charge in [0.15, 0.2) is 8.32 Å². The van der Waals surface area contributed by atoms with Crippen LogP contribution >= 0.6 is 0 Å². The van der Waals surface area contributed by atoms with Gasteiger partial charge in [-0.3, -0.25) is 4.79 Å². The first-order valence-electron chi connectivity index (χ1n) is 15.0. The third-order valence-corrected chi connectivity index (χ3v) is 13.7. The summed E-state index contributed by atoms with van der Waals surface area (Å²) in [4.78, 5) is 54.7. The van der Waals surface area contributed by atoms with Crippen LogP contribution in [0.15, 0.2) is 36.4 Å². The van der Waals surface area contributed by atoms with E-state index < -0.39 is 26.0 Å². The third-order valence-electron chi connectivity index (χ3n) is 9.16. The van der Waals surface area contributed by atoms with Gasteiger partial charge in [-0.05, 0) is 61.5 Å². The molecular weight excluding hydrogens is 552 g/mol. The van der Waals surface area contributed by atoms with Crippen LogP contribution in [0.5, 0.6) is 5.75 Å². The molecule has 1 aromatic rings. The normalized spacial score (nSPS) is 28.1. The molecule has 1 aromatic carbocycles. The first-order chi connectivity index (χ1) is 19.7. The van der Waals surface area contributed by atoms with E-state index in [4.69, 9.17) is 14.9 Å². The van der Waals surface area contributed by atoms with Crippen molar-refractivity contribution in [1.82, 2.24) is 15.1 Å². The number of carbonyl (C=O) groups is 4. The van der Waals surface area contributed by atoms with Crippen LogP contribution in [0, 0.1) is 5.92 Å². The highest BCUT2D eigenvalue weighted by Gasteiger charge is 2.56. The molecular formula is C31H46N4O6Si. The lowest BCUT2D eigenvalue weighted by Crippen LogP contribution is -2.53. The minimum absolute atomic E-state index is 0.0214. The predicted octanol–water partition coefficient (Wildman–Crippen LogP) is 4.73. The largest absolute Gasteiger partial charge is 0.412 e. The summed E-state index contributed by atoms with van der Waals surface area (Å²) in [6.07, 6.45) is 8.41. The van der Waals surface area contributed by atoms with Gasteiger partial charge in [-0.15, -0.1) is 0 Å². The molecule has 0 radical (unpaired) electrons. The molecule has 230 valence electrons. The van der Waals surface area contributed by atoms with Gasteiger partial charge >= 0.3 is 12.1 Å². The molecule has 2 fully saturated rings. The van der Waals surface area contributed by atoms with Crippen molar-refractivity contribution in [3.05, 3.63) is 42.0 Å². The summed E-state index contributed by atoms with van der Waals surface area (Å²) in [6, 6.07) is 5.91. The lowest BCUT2D eigenvalue weighted by atomic mass is 10.1. The predicted molar refractivity (Wildman–Crippen MR) is 162 cm³/mol. The first-order valence-corrected chi connectivity index (χ1v) is 17.9. The van der Waals surface area contributed by atoms with Gasteiger partial charge < -0.3 is 34.8 Å². The molecule has 2 aliphatic heterocycles. The zero-order valence-electron chi connectivity index (χ0n) is 25.6. The van der Waals surface area contributed by atoms with E-state index in [1.54, 1.807) is 34.1 Å². The monoisotopic (exact) mass is 598 g/mol. The smallest absolute Gasteiger partial charge is 0.409 e. The van der Waals surface area contributed by atoms with Crippen LogP contribution in [0.2, 0.25) is 18.1 Å². The number of primary amides is 1. The highest BCUT2D eigenvalue weighted by Crippen LogP contribution is 2.44. The van der Waals surface area contributed by atoms with Crippen molar-refractivity contribution in [2.45, 2.75) is 102 Å². The SMILES string of the molecule is CC(C)(C)[Si](C)(C)OC1CC2C(=O)NC3(C=O)CC3/C=C/CCCCCN(Cc3ccc(OC(N)=O)cc3)C(=O)N2C1. The minimum Gasteiger partial charge on any atom is -0.412 e. The maximum atomic E-state index is 14.2. The summed E-state index contributed by atoms with van der Waals surface area (Å²) in [6.45, 7) is 12.0. The molecule has 0 aromatic heterocycles. The van der Waals surface area contributed by atoms with E-state index >= 15 is 0 Å². The highest BCUT2D eigenvalue weighted by molar-refractivity contribution is 6.74. The van der Waals surface area contributed by atoms with Crippen LogP contribution in [0.25, 0.3) is 0 Å². The van der Waals surface area contributed by atoms with E-state index in [9.17, 15) is 19.2 Å². The van der Waals surface area contributed by atoms with Gasteiger partial charge in [-0.2, -0.15) is 0 Å². The van der Waals surface area contributed by atoms with E-state index in [2.05, 4.69) is 45.3 Å². The Morgan fingerprint density at radius 2 is 1.88 bits per heavy atom. The number of urea groups is 1. The Kier molecular flexibility index (Phi) is 9.51. The van der Waals surface area contributed by atoms with Gasteiger partial charge in [-0.25, -0.2) is 9.59 Å². The van der Waals surface area contributed by atoms with Crippen molar-refractivity contribution in [3.63, 3.8) is 0 Å². The second-order valence-electron chi connectivity index (χ2n) is 13.4. The van der Waals surface area contributed by atoms with E-state index in [1.807, 2.05) is 6.08 Å². The van der Waals surface area contributed by atoms with E-state index in [0.717, 1.165) is 37.5 Å². The van der Waals surface area contributed by atoms with Crippen molar-refractivity contribution < 1.29 is 28.3 Å². The maximum absolute atomic E-state index is 14.2. The molecule has 3 aliphatic rings. The third kappa shape index (κ3) is 7.41. The zero-order chi connectivity index (χ0) is 30.7. The van der Waals surface area contributed by atoms with Gasteiger partial charge in [0.1, 0.15) is 23.6 Å². The van der Waals surface area contributed by atoms with Crippen molar-refractivity contribution in [1.29, 1.82) is 0 Å². The summed E-state index contributed by atoms with van der Waals surface area (Å²) >= 11 is 0. The molecule has 42 heavy (non-hydrogen) atoms. The summed E-state index contributed by atoms with van der Waals surface area (Å²) < 4.78 is 11.6. The topological polar surface area (TPSA) is 131 Å². The Bertz CT molecular complexity index is 1200. The fourth-order valence-corrected chi connectivity index (χ4v) is 6.89. The quantitative estimate of drug-likeness (QED) is 0.276. The molecule has 11 heteroatoms. The van der Waals surface area contributed by atoms with Crippen molar-refractivity contribution in [2.75, 3.05) is 13.1 Å². The number of allylic oxidation sites excluding steroid dienone is 1. The Morgan fingerprint density at radius 3 is 2.52 bits per heavy atom. The number of rotatable bonds is 6. The number of hydrogen-bond donors (Lipinski definition) is 2. The van der Waals surface area contributed by atoms with Gasteiger partial charge in [-0.1, -0.05) is 51.5 Å². The van der Waals surface area contributed by atoms with E-state index in [0.29, 0.717) is 38.2 Å². The Balaban J connectivity index is 1.61.